The highest BCUT2D eigenvalue weighted by molar-refractivity contribution is 9.10. The Labute approximate surface area is 129 Å². The van der Waals surface area contributed by atoms with Gasteiger partial charge < -0.3 is 5.32 Å². The Morgan fingerprint density at radius 2 is 1.90 bits per heavy atom. The van der Waals surface area contributed by atoms with Gasteiger partial charge in [0.15, 0.2) is 0 Å². The lowest BCUT2D eigenvalue weighted by molar-refractivity contribution is 0.530. The Kier molecular flexibility index (Phi) is 5.00. The third-order valence-corrected chi connectivity index (χ3v) is 4.64. The fraction of sp³-hybridized carbons (Fsp3) is 0.438. The van der Waals surface area contributed by atoms with E-state index in [-0.39, 0.29) is 0 Å². The Morgan fingerprint density at radius 3 is 2.50 bits per heavy atom. The normalized spacial score (nSPS) is 12.7. The first-order valence-corrected chi connectivity index (χ1v) is 7.84. The summed E-state index contributed by atoms with van der Waals surface area (Å²) >= 11 is 3.63. The average molecular weight is 336 g/mol. The zero-order chi connectivity index (χ0) is 14.7. The van der Waals surface area contributed by atoms with Gasteiger partial charge in [0.2, 0.25) is 0 Å². The van der Waals surface area contributed by atoms with Gasteiger partial charge in [0.25, 0.3) is 0 Å². The zero-order valence-corrected chi connectivity index (χ0v) is 14.2. The van der Waals surface area contributed by atoms with Gasteiger partial charge in [-0.15, -0.1) is 0 Å². The van der Waals surface area contributed by atoms with Crippen molar-refractivity contribution in [3.8, 4) is 0 Å². The van der Waals surface area contributed by atoms with Gasteiger partial charge in [-0.25, -0.2) is 0 Å². The van der Waals surface area contributed by atoms with Crippen LogP contribution in [-0.4, -0.2) is 9.78 Å². The van der Waals surface area contributed by atoms with Gasteiger partial charge >= 0.3 is 0 Å². The van der Waals surface area contributed by atoms with Crippen molar-refractivity contribution in [2.45, 2.75) is 46.8 Å². The molecule has 0 saturated heterocycles. The predicted molar refractivity (Wildman–Crippen MR) is 86.8 cm³/mol. The van der Waals surface area contributed by atoms with Crippen molar-refractivity contribution in [1.29, 1.82) is 0 Å². The van der Waals surface area contributed by atoms with E-state index in [2.05, 4.69) is 71.4 Å². The summed E-state index contributed by atoms with van der Waals surface area (Å²) in [6.07, 6.45) is 0. The molecule has 1 aromatic carbocycles. The smallest absolute Gasteiger partial charge is 0.0739 e. The molecule has 0 unspecified atom stereocenters. The number of halogens is 1. The summed E-state index contributed by atoms with van der Waals surface area (Å²) in [5, 5.41) is 8.09. The topological polar surface area (TPSA) is 29.9 Å². The maximum Gasteiger partial charge on any atom is 0.0739 e. The van der Waals surface area contributed by atoms with E-state index in [0.717, 1.165) is 23.3 Å². The molecule has 0 bridgehead atoms. The van der Waals surface area contributed by atoms with Gasteiger partial charge in [0.1, 0.15) is 0 Å². The SMILES string of the molecule is CCn1nc(C)c(Br)c1CN[C@H](C)c1ccc(C)cc1. The minimum absolute atomic E-state index is 0.322. The van der Waals surface area contributed by atoms with Gasteiger partial charge in [0, 0.05) is 19.1 Å². The van der Waals surface area contributed by atoms with E-state index in [9.17, 15) is 0 Å². The van der Waals surface area contributed by atoms with E-state index < -0.39 is 0 Å². The first kappa shape index (κ1) is 15.3. The Bertz CT molecular complexity index is 572. The average Bonchev–Trinajstić information content (AvgIpc) is 2.72. The lowest BCUT2D eigenvalue weighted by Crippen LogP contribution is -2.20. The van der Waals surface area contributed by atoms with Crippen molar-refractivity contribution < 1.29 is 0 Å². The molecule has 1 aromatic heterocycles. The molecule has 0 aliphatic rings. The van der Waals surface area contributed by atoms with Crippen molar-refractivity contribution in [2.75, 3.05) is 0 Å². The van der Waals surface area contributed by atoms with Crippen LogP contribution in [0.15, 0.2) is 28.7 Å². The van der Waals surface area contributed by atoms with Crippen molar-refractivity contribution in [1.82, 2.24) is 15.1 Å². The second-order valence-electron chi connectivity index (χ2n) is 5.18. The first-order valence-electron chi connectivity index (χ1n) is 7.04. The number of rotatable bonds is 5. The lowest BCUT2D eigenvalue weighted by atomic mass is 10.1. The molecule has 0 aliphatic carbocycles. The van der Waals surface area contributed by atoms with E-state index in [1.54, 1.807) is 0 Å². The van der Waals surface area contributed by atoms with Crippen LogP contribution < -0.4 is 5.32 Å². The molecular formula is C16H22BrN3. The molecule has 0 fully saturated rings. The molecule has 0 radical (unpaired) electrons. The van der Waals surface area contributed by atoms with E-state index in [4.69, 9.17) is 0 Å². The largest absolute Gasteiger partial charge is 0.305 e. The van der Waals surface area contributed by atoms with Crippen molar-refractivity contribution in [3.05, 3.63) is 51.3 Å². The number of benzene rings is 1. The molecule has 2 rings (SSSR count). The van der Waals surface area contributed by atoms with E-state index in [0.29, 0.717) is 6.04 Å². The molecule has 0 aliphatic heterocycles. The standard InChI is InChI=1S/C16H22BrN3/c1-5-20-15(16(17)13(4)19-20)10-18-12(3)14-8-6-11(2)7-9-14/h6-9,12,18H,5,10H2,1-4H3/t12-/m1/s1. The van der Waals surface area contributed by atoms with Gasteiger partial charge in [-0.1, -0.05) is 29.8 Å². The number of hydrogen-bond donors (Lipinski definition) is 1. The van der Waals surface area contributed by atoms with Crippen LogP contribution in [0.2, 0.25) is 0 Å². The van der Waals surface area contributed by atoms with Crippen LogP contribution in [0.3, 0.4) is 0 Å². The van der Waals surface area contributed by atoms with Crippen LogP contribution in [0.1, 0.15) is 42.4 Å². The molecule has 0 spiro atoms. The van der Waals surface area contributed by atoms with Gasteiger partial charge in [-0.3, -0.25) is 4.68 Å². The van der Waals surface area contributed by atoms with Gasteiger partial charge in [-0.05, 0) is 49.2 Å². The van der Waals surface area contributed by atoms with Crippen LogP contribution >= 0.6 is 15.9 Å². The van der Waals surface area contributed by atoms with Gasteiger partial charge in [-0.2, -0.15) is 5.10 Å². The highest BCUT2D eigenvalue weighted by Gasteiger charge is 2.13. The summed E-state index contributed by atoms with van der Waals surface area (Å²) < 4.78 is 3.16. The van der Waals surface area contributed by atoms with Crippen molar-refractivity contribution >= 4 is 15.9 Å². The minimum atomic E-state index is 0.322. The summed E-state index contributed by atoms with van der Waals surface area (Å²) in [5.74, 6) is 0. The number of aryl methyl sites for hydroxylation is 3. The summed E-state index contributed by atoms with van der Waals surface area (Å²) in [5.41, 5.74) is 4.87. The van der Waals surface area contributed by atoms with E-state index >= 15 is 0 Å². The monoisotopic (exact) mass is 335 g/mol. The molecule has 2 aromatic rings. The number of aromatic nitrogens is 2. The Morgan fingerprint density at radius 1 is 1.25 bits per heavy atom. The Hall–Kier alpha value is -1.13. The van der Waals surface area contributed by atoms with Crippen molar-refractivity contribution in [2.24, 2.45) is 0 Å². The van der Waals surface area contributed by atoms with Crippen LogP contribution in [0.25, 0.3) is 0 Å². The second-order valence-corrected chi connectivity index (χ2v) is 5.97. The highest BCUT2D eigenvalue weighted by atomic mass is 79.9. The summed E-state index contributed by atoms with van der Waals surface area (Å²) in [7, 11) is 0. The van der Waals surface area contributed by atoms with E-state index in [1.807, 2.05) is 11.6 Å². The number of nitrogens with zero attached hydrogens (tertiary/aromatic N) is 2. The number of hydrogen-bond acceptors (Lipinski definition) is 2. The molecule has 0 saturated carbocycles. The molecule has 1 atom stereocenters. The summed E-state index contributed by atoms with van der Waals surface area (Å²) in [4.78, 5) is 0. The molecule has 1 N–H and O–H groups in total. The molecule has 3 nitrogen and oxygen atoms in total. The van der Waals surface area contributed by atoms with Crippen LogP contribution in [0.5, 0.6) is 0 Å². The fourth-order valence-corrected chi connectivity index (χ4v) is 2.68. The number of nitrogens with one attached hydrogen (secondary N) is 1. The molecular weight excluding hydrogens is 314 g/mol. The van der Waals surface area contributed by atoms with E-state index in [1.165, 1.54) is 16.8 Å². The molecule has 1 heterocycles. The molecule has 4 heteroatoms. The zero-order valence-electron chi connectivity index (χ0n) is 12.6. The van der Waals surface area contributed by atoms with Crippen LogP contribution in [-0.2, 0) is 13.1 Å². The molecule has 0 amide bonds. The lowest BCUT2D eigenvalue weighted by Gasteiger charge is -2.15. The maximum absolute atomic E-state index is 4.52. The predicted octanol–water partition coefficient (Wildman–Crippen LogP) is 4.13. The minimum Gasteiger partial charge on any atom is -0.305 e. The van der Waals surface area contributed by atoms with Gasteiger partial charge in [0.05, 0.1) is 15.9 Å². The third-order valence-electron chi connectivity index (χ3n) is 3.61. The fourth-order valence-electron chi connectivity index (χ4n) is 2.26. The molecule has 108 valence electrons. The maximum atomic E-state index is 4.52. The second kappa shape index (κ2) is 6.55. The third kappa shape index (κ3) is 3.30. The summed E-state index contributed by atoms with van der Waals surface area (Å²) in [6.45, 7) is 10.2. The summed E-state index contributed by atoms with van der Waals surface area (Å²) in [6, 6.07) is 9.01. The highest BCUT2D eigenvalue weighted by Crippen LogP contribution is 2.22. The Balaban J connectivity index is 2.07. The quantitative estimate of drug-likeness (QED) is 0.890. The molecule has 20 heavy (non-hydrogen) atoms. The van der Waals surface area contributed by atoms with Crippen LogP contribution in [0, 0.1) is 13.8 Å². The first-order chi connectivity index (χ1) is 9.52. The van der Waals surface area contributed by atoms with Crippen LogP contribution in [0.4, 0.5) is 0 Å². The van der Waals surface area contributed by atoms with Crippen molar-refractivity contribution in [3.63, 3.8) is 0 Å².